The number of hydrogen-bond acceptors (Lipinski definition) is 3. The average molecular weight is 350 g/mol. The van der Waals surface area contributed by atoms with Crippen molar-refractivity contribution in [3.05, 3.63) is 81.7 Å². The third kappa shape index (κ3) is 2.86. The van der Waals surface area contributed by atoms with Gasteiger partial charge >= 0.3 is 0 Å². The molecule has 4 rings (SSSR count). The second kappa shape index (κ2) is 6.03. The SMILES string of the molecule is O=Cc1ccc(-c2cc(=O)n3cc(-c4ccc(Cl)cc4)[nH]c3n2)cc1. The summed E-state index contributed by atoms with van der Waals surface area (Å²) in [7, 11) is 0. The Balaban J connectivity index is 1.82. The molecule has 0 amide bonds. The Morgan fingerprint density at radius 2 is 1.68 bits per heavy atom. The standard InChI is InChI=1S/C19H12ClN3O2/c20-15-7-5-14(6-8-15)17-10-23-18(25)9-16(21-19(23)22-17)13-3-1-12(11-24)2-4-13/h1-11H,(H,21,22). The maximum absolute atomic E-state index is 12.4. The van der Waals surface area contributed by atoms with Gasteiger partial charge in [0.25, 0.3) is 5.56 Å². The molecule has 0 bridgehead atoms. The Kier molecular flexibility index (Phi) is 3.71. The number of nitrogens with zero attached hydrogens (tertiary/aromatic N) is 2. The molecule has 122 valence electrons. The van der Waals surface area contributed by atoms with Crippen molar-refractivity contribution in [1.82, 2.24) is 14.4 Å². The highest BCUT2D eigenvalue weighted by molar-refractivity contribution is 6.30. The van der Waals surface area contributed by atoms with Crippen LogP contribution in [0, 0.1) is 0 Å². The average Bonchev–Trinajstić information content (AvgIpc) is 3.07. The van der Waals surface area contributed by atoms with E-state index in [1.54, 1.807) is 42.6 Å². The summed E-state index contributed by atoms with van der Waals surface area (Å²) in [6, 6.07) is 15.7. The number of hydrogen-bond donors (Lipinski definition) is 1. The summed E-state index contributed by atoms with van der Waals surface area (Å²) < 4.78 is 1.47. The van der Waals surface area contributed by atoms with Crippen LogP contribution < -0.4 is 5.56 Å². The number of aromatic nitrogens is 3. The molecule has 0 radical (unpaired) electrons. The zero-order valence-corrected chi connectivity index (χ0v) is 13.7. The zero-order chi connectivity index (χ0) is 17.4. The first-order valence-electron chi connectivity index (χ1n) is 7.58. The number of imidazole rings is 1. The number of halogens is 1. The van der Waals surface area contributed by atoms with Gasteiger partial charge in [-0.05, 0) is 17.7 Å². The maximum Gasteiger partial charge on any atom is 0.259 e. The van der Waals surface area contributed by atoms with Gasteiger partial charge < -0.3 is 4.98 Å². The van der Waals surface area contributed by atoms with Crippen molar-refractivity contribution in [3.8, 4) is 22.5 Å². The lowest BCUT2D eigenvalue weighted by Gasteiger charge is -2.01. The fourth-order valence-corrected chi connectivity index (χ4v) is 2.77. The zero-order valence-electron chi connectivity index (χ0n) is 12.9. The molecule has 4 aromatic rings. The minimum Gasteiger partial charge on any atom is -0.323 e. The molecule has 2 aromatic heterocycles. The van der Waals surface area contributed by atoms with E-state index in [0.29, 0.717) is 22.1 Å². The molecule has 0 aliphatic rings. The quantitative estimate of drug-likeness (QED) is 0.572. The number of aromatic amines is 1. The molecule has 25 heavy (non-hydrogen) atoms. The van der Waals surface area contributed by atoms with E-state index in [1.165, 1.54) is 10.5 Å². The van der Waals surface area contributed by atoms with Crippen LogP contribution in [0.15, 0.2) is 65.6 Å². The molecule has 0 atom stereocenters. The third-order valence-electron chi connectivity index (χ3n) is 3.95. The predicted octanol–water partition coefficient (Wildman–Crippen LogP) is 3.82. The molecule has 0 aliphatic heterocycles. The van der Waals surface area contributed by atoms with Crippen LogP contribution in [0.5, 0.6) is 0 Å². The number of nitrogens with one attached hydrogen (secondary N) is 1. The number of fused-ring (bicyclic) bond motifs is 1. The summed E-state index contributed by atoms with van der Waals surface area (Å²) in [4.78, 5) is 30.9. The molecule has 0 fully saturated rings. The first-order valence-corrected chi connectivity index (χ1v) is 7.96. The number of benzene rings is 2. The second-order valence-corrected chi connectivity index (χ2v) is 6.02. The number of H-pyrrole nitrogens is 1. The molecule has 2 aromatic carbocycles. The molecule has 0 aliphatic carbocycles. The van der Waals surface area contributed by atoms with Gasteiger partial charge in [-0.1, -0.05) is 48.0 Å². The van der Waals surface area contributed by atoms with Crippen molar-refractivity contribution in [2.24, 2.45) is 0 Å². The van der Waals surface area contributed by atoms with Crippen LogP contribution in [0.2, 0.25) is 5.02 Å². The van der Waals surface area contributed by atoms with E-state index in [-0.39, 0.29) is 5.56 Å². The van der Waals surface area contributed by atoms with Crippen molar-refractivity contribution in [2.75, 3.05) is 0 Å². The Bertz CT molecular complexity index is 1130. The predicted molar refractivity (Wildman–Crippen MR) is 97.1 cm³/mol. The number of carbonyl (C=O) groups is 1. The third-order valence-corrected chi connectivity index (χ3v) is 4.21. The topological polar surface area (TPSA) is 67.2 Å². The summed E-state index contributed by atoms with van der Waals surface area (Å²) in [5, 5.41) is 0.649. The normalized spacial score (nSPS) is 10.9. The molecule has 2 heterocycles. The number of aldehydes is 1. The van der Waals surface area contributed by atoms with Crippen LogP contribution in [0.25, 0.3) is 28.3 Å². The van der Waals surface area contributed by atoms with Crippen LogP contribution in [-0.2, 0) is 0 Å². The van der Waals surface area contributed by atoms with Crippen LogP contribution in [0.3, 0.4) is 0 Å². The Hall–Kier alpha value is -3.18. The first kappa shape index (κ1) is 15.4. The molecule has 1 N–H and O–H groups in total. The van der Waals surface area contributed by atoms with Gasteiger partial charge in [-0.3, -0.25) is 14.0 Å². The van der Waals surface area contributed by atoms with Gasteiger partial charge in [-0.2, -0.15) is 0 Å². The number of rotatable bonds is 3. The highest BCUT2D eigenvalue weighted by Crippen LogP contribution is 2.22. The van der Waals surface area contributed by atoms with Gasteiger partial charge in [0, 0.05) is 28.4 Å². The Morgan fingerprint density at radius 1 is 1.00 bits per heavy atom. The Morgan fingerprint density at radius 3 is 2.36 bits per heavy atom. The van der Waals surface area contributed by atoms with Gasteiger partial charge in [0.05, 0.1) is 11.4 Å². The molecular formula is C19H12ClN3O2. The molecule has 0 spiro atoms. The van der Waals surface area contributed by atoms with E-state index >= 15 is 0 Å². The van der Waals surface area contributed by atoms with E-state index in [4.69, 9.17) is 11.6 Å². The van der Waals surface area contributed by atoms with E-state index in [1.807, 2.05) is 12.1 Å². The summed E-state index contributed by atoms with van der Waals surface area (Å²) in [5.41, 5.74) is 3.39. The number of carbonyl (C=O) groups excluding carboxylic acids is 1. The lowest BCUT2D eigenvalue weighted by Crippen LogP contribution is -2.12. The Labute approximate surface area is 147 Å². The monoisotopic (exact) mass is 349 g/mol. The minimum atomic E-state index is -0.184. The summed E-state index contributed by atoms with van der Waals surface area (Å²) in [6.45, 7) is 0. The second-order valence-electron chi connectivity index (χ2n) is 5.59. The van der Waals surface area contributed by atoms with Gasteiger partial charge in [-0.15, -0.1) is 0 Å². The summed E-state index contributed by atoms with van der Waals surface area (Å²) in [5.74, 6) is 0.451. The van der Waals surface area contributed by atoms with Crippen molar-refractivity contribution in [1.29, 1.82) is 0 Å². The minimum absolute atomic E-state index is 0.184. The van der Waals surface area contributed by atoms with E-state index in [9.17, 15) is 9.59 Å². The fraction of sp³-hybridized carbons (Fsp3) is 0. The van der Waals surface area contributed by atoms with Crippen molar-refractivity contribution < 1.29 is 4.79 Å². The van der Waals surface area contributed by atoms with Gasteiger partial charge in [-0.25, -0.2) is 4.98 Å². The van der Waals surface area contributed by atoms with E-state index in [0.717, 1.165) is 23.1 Å². The van der Waals surface area contributed by atoms with Gasteiger partial charge in [0.15, 0.2) is 0 Å². The largest absolute Gasteiger partial charge is 0.323 e. The van der Waals surface area contributed by atoms with Gasteiger partial charge in [0.2, 0.25) is 5.78 Å². The lowest BCUT2D eigenvalue weighted by molar-refractivity contribution is 0.112. The summed E-state index contributed by atoms with van der Waals surface area (Å²) in [6.07, 6.45) is 2.49. The molecule has 0 saturated heterocycles. The molecule has 0 saturated carbocycles. The first-order chi connectivity index (χ1) is 12.1. The van der Waals surface area contributed by atoms with Crippen LogP contribution in [-0.4, -0.2) is 20.7 Å². The molecule has 5 nitrogen and oxygen atoms in total. The molecular weight excluding hydrogens is 338 g/mol. The molecule has 6 heteroatoms. The highest BCUT2D eigenvalue weighted by atomic mass is 35.5. The highest BCUT2D eigenvalue weighted by Gasteiger charge is 2.09. The van der Waals surface area contributed by atoms with E-state index in [2.05, 4.69) is 9.97 Å². The lowest BCUT2D eigenvalue weighted by atomic mass is 10.1. The van der Waals surface area contributed by atoms with Crippen molar-refractivity contribution in [3.63, 3.8) is 0 Å². The van der Waals surface area contributed by atoms with Crippen molar-refractivity contribution >= 4 is 23.7 Å². The molecule has 0 unspecified atom stereocenters. The van der Waals surface area contributed by atoms with Crippen LogP contribution in [0.4, 0.5) is 0 Å². The maximum atomic E-state index is 12.4. The summed E-state index contributed by atoms with van der Waals surface area (Å²) >= 11 is 5.91. The van der Waals surface area contributed by atoms with Crippen LogP contribution in [0.1, 0.15) is 10.4 Å². The smallest absolute Gasteiger partial charge is 0.259 e. The van der Waals surface area contributed by atoms with Crippen molar-refractivity contribution in [2.45, 2.75) is 0 Å². The van der Waals surface area contributed by atoms with E-state index < -0.39 is 0 Å². The van der Waals surface area contributed by atoms with Crippen LogP contribution >= 0.6 is 11.6 Å². The van der Waals surface area contributed by atoms with Gasteiger partial charge in [0.1, 0.15) is 6.29 Å². The fourth-order valence-electron chi connectivity index (χ4n) is 2.64.